The van der Waals surface area contributed by atoms with Gasteiger partial charge in [0.1, 0.15) is 11.5 Å². The summed E-state index contributed by atoms with van der Waals surface area (Å²) in [6.45, 7) is 3.46. The Morgan fingerprint density at radius 1 is 1.05 bits per heavy atom. The van der Waals surface area contributed by atoms with E-state index < -0.39 is 17.5 Å². The Morgan fingerprint density at radius 2 is 1.70 bits per heavy atom. The molecule has 0 spiro atoms. The normalized spacial score (nSPS) is 11.9. The minimum atomic E-state index is -0.837. The lowest BCUT2D eigenvalue weighted by molar-refractivity contribution is 0.0817. The third-order valence-corrected chi connectivity index (χ3v) is 3.10. The highest BCUT2D eigenvalue weighted by molar-refractivity contribution is 6.15. The summed E-state index contributed by atoms with van der Waals surface area (Å²) in [7, 11) is 0. The molecule has 0 aliphatic carbocycles. The van der Waals surface area contributed by atoms with Gasteiger partial charge in [-0.05, 0) is 26.0 Å². The topological polar surface area (TPSA) is 47.0 Å². The zero-order valence-corrected chi connectivity index (χ0v) is 11.3. The van der Waals surface area contributed by atoms with E-state index in [-0.39, 0.29) is 11.5 Å². The van der Waals surface area contributed by atoms with Crippen LogP contribution < -0.4 is 0 Å². The van der Waals surface area contributed by atoms with Crippen LogP contribution in [0.25, 0.3) is 0 Å². The lowest BCUT2D eigenvalue weighted by atomic mass is 9.93. The molecule has 1 aromatic heterocycles. The van der Waals surface area contributed by atoms with E-state index in [1.54, 1.807) is 12.1 Å². The molecule has 20 heavy (non-hydrogen) atoms. The highest BCUT2D eigenvalue weighted by Crippen LogP contribution is 2.14. The molecule has 1 unspecified atom stereocenters. The third kappa shape index (κ3) is 2.96. The summed E-state index contributed by atoms with van der Waals surface area (Å²) in [5.74, 6) is -2.02. The van der Waals surface area contributed by atoms with Gasteiger partial charge in [0.15, 0.2) is 11.6 Å². The second kappa shape index (κ2) is 5.74. The van der Waals surface area contributed by atoms with Crippen LogP contribution in [0.15, 0.2) is 42.6 Å². The van der Waals surface area contributed by atoms with Gasteiger partial charge < -0.3 is 0 Å². The van der Waals surface area contributed by atoms with E-state index in [1.165, 1.54) is 13.0 Å². The first-order valence-electron chi connectivity index (χ1n) is 6.25. The average Bonchev–Trinajstić information content (AvgIpc) is 2.46. The maximum absolute atomic E-state index is 12.8. The molecule has 1 atom stereocenters. The van der Waals surface area contributed by atoms with Crippen LogP contribution in [0.2, 0.25) is 0 Å². The summed E-state index contributed by atoms with van der Waals surface area (Å²) in [4.78, 5) is 28.1. The van der Waals surface area contributed by atoms with Crippen molar-refractivity contribution in [2.75, 3.05) is 0 Å². The van der Waals surface area contributed by atoms with Crippen molar-refractivity contribution in [1.29, 1.82) is 0 Å². The maximum atomic E-state index is 12.8. The van der Waals surface area contributed by atoms with E-state index >= 15 is 0 Å². The number of hydrogen-bond donors (Lipinski definition) is 0. The summed E-state index contributed by atoms with van der Waals surface area (Å²) in [6.07, 6.45) is 0.969. The number of halogens is 1. The second-order valence-electron chi connectivity index (χ2n) is 4.68. The Labute approximate surface area is 116 Å². The van der Waals surface area contributed by atoms with Gasteiger partial charge in [0, 0.05) is 5.56 Å². The van der Waals surface area contributed by atoms with Gasteiger partial charge in [0.25, 0.3) is 0 Å². The molecule has 0 saturated heterocycles. The predicted molar refractivity (Wildman–Crippen MR) is 73.2 cm³/mol. The molecule has 0 fully saturated rings. The summed E-state index contributed by atoms with van der Waals surface area (Å²) < 4.78 is 12.8. The summed E-state index contributed by atoms with van der Waals surface area (Å²) >= 11 is 0. The first kappa shape index (κ1) is 14.1. The van der Waals surface area contributed by atoms with Crippen molar-refractivity contribution in [3.63, 3.8) is 0 Å². The van der Waals surface area contributed by atoms with Crippen molar-refractivity contribution in [2.45, 2.75) is 13.8 Å². The zero-order chi connectivity index (χ0) is 14.7. The molecule has 2 rings (SSSR count). The molecule has 0 aliphatic rings. The molecule has 0 radical (unpaired) electrons. The SMILES string of the molecule is Cc1ccc(C(=O)C(C)C(=O)c2ccc(F)cn2)cc1. The highest BCUT2D eigenvalue weighted by atomic mass is 19.1. The number of aromatic nitrogens is 1. The van der Waals surface area contributed by atoms with Gasteiger partial charge in [-0.25, -0.2) is 4.39 Å². The number of benzene rings is 1. The third-order valence-electron chi connectivity index (χ3n) is 3.10. The Kier molecular flexibility index (Phi) is 4.03. The van der Waals surface area contributed by atoms with Crippen molar-refractivity contribution in [1.82, 2.24) is 4.98 Å². The molecule has 4 heteroatoms. The van der Waals surface area contributed by atoms with Crippen LogP contribution in [0, 0.1) is 18.7 Å². The van der Waals surface area contributed by atoms with Gasteiger partial charge in [-0.15, -0.1) is 0 Å². The Balaban J connectivity index is 2.20. The monoisotopic (exact) mass is 271 g/mol. The van der Waals surface area contributed by atoms with E-state index in [4.69, 9.17) is 0 Å². The lowest BCUT2D eigenvalue weighted by Crippen LogP contribution is -2.22. The highest BCUT2D eigenvalue weighted by Gasteiger charge is 2.24. The maximum Gasteiger partial charge on any atom is 0.191 e. The molecule has 0 amide bonds. The Hall–Kier alpha value is -2.36. The standard InChI is InChI=1S/C16H14FNO2/c1-10-3-5-12(6-4-10)15(19)11(2)16(20)14-8-7-13(17)9-18-14/h3-9,11H,1-2H3. The van der Waals surface area contributed by atoms with E-state index in [0.29, 0.717) is 5.56 Å². The molecule has 0 N–H and O–H groups in total. The number of nitrogens with zero attached hydrogens (tertiary/aromatic N) is 1. The van der Waals surface area contributed by atoms with Crippen LogP contribution in [0.4, 0.5) is 4.39 Å². The first-order chi connectivity index (χ1) is 9.49. The Bertz CT molecular complexity index is 575. The van der Waals surface area contributed by atoms with Crippen LogP contribution in [0.5, 0.6) is 0 Å². The minimum absolute atomic E-state index is 0.0966. The van der Waals surface area contributed by atoms with Crippen molar-refractivity contribution in [3.05, 3.63) is 65.2 Å². The molecule has 3 nitrogen and oxygen atoms in total. The van der Waals surface area contributed by atoms with Crippen LogP contribution >= 0.6 is 0 Å². The van der Waals surface area contributed by atoms with Gasteiger partial charge >= 0.3 is 0 Å². The van der Waals surface area contributed by atoms with E-state index in [1.807, 2.05) is 19.1 Å². The second-order valence-corrected chi connectivity index (χ2v) is 4.68. The van der Waals surface area contributed by atoms with Crippen molar-refractivity contribution >= 4 is 11.6 Å². The van der Waals surface area contributed by atoms with Gasteiger partial charge in [-0.3, -0.25) is 14.6 Å². The van der Waals surface area contributed by atoms with Gasteiger partial charge in [0.05, 0.1) is 12.1 Å². The minimum Gasteiger partial charge on any atom is -0.293 e. The van der Waals surface area contributed by atoms with Gasteiger partial charge in [0.2, 0.25) is 0 Å². The van der Waals surface area contributed by atoms with E-state index in [9.17, 15) is 14.0 Å². The van der Waals surface area contributed by atoms with Crippen LogP contribution in [0.1, 0.15) is 33.3 Å². The summed E-state index contributed by atoms with van der Waals surface area (Å²) in [6, 6.07) is 9.47. The van der Waals surface area contributed by atoms with Crippen LogP contribution in [-0.4, -0.2) is 16.6 Å². The van der Waals surface area contributed by atoms with Crippen molar-refractivity contribution in [3.8, 4) is 0 Å². The molecule has 0 aliphatic heterocycles. The number of Topliss-reactive ketones (excluding diaryl/α,β-unsaturated/α-hetero) is 2. The van der Waals surface area contributed by atoms with Crippen LogP contribution in [0.3, 0.4) is 0 Å². The zero-order valence-electron chi connectivity index (χ0n) is 11.3. The van der Waals surface area contributed by atoms with Crippen LogP contribution in [-0.2, 0) is 0 Å². The molecule has 2 aromatic rings. The molecule has 0 bridgehead atoms. The smallest absolute Gasteiger partial charge is 0.191 e. The fraction of sp³-hybridized carbons (Fsp3) is 0.188. The molecule has 1 aromatic carbocycles. The van der Waals surface area contributed by atoms with Crippen molar-refractivity contribution < 1.29 is 14.0 Å². The number of pyridine rings is 1. The largest absolute Gasteiger partial charge is 0.293 e. The fourth-order valence-corrected chi connectivity index (χ4v) is 1.83. The van der Waals surface area contributed by atoms with Crippen molar-refractivity contribution in [2.24, 2.45) is 5.92 Å². The average molecular weight is 271 g/mol. The number of ketones is 2. The van der Waals surface area contributed by atoms with E-state index in [0.717, 1.165) is 17.8 Å². The molecule has 0 saturated carbocycles. The summed E-state index contributed by atoms with van der Waals surface area (Å²) in [5, 5.41) is 0. The Morgan fingerprint density at radius 3 is 2.25 bits per heavy atom. The number of carbonyl (C=O) groups excluding carboxylic acids is 2. The fourth-order valence-electron chi connectivity index (χ4n) is 1.83. The predicted octanol–water partition coefficient (Wildman–Crippen LogP) is 3.23. The van der Waals surface area contributed by atoms with Gasteiger partial charge in [-0.2, -0.15) is 0 Å². The molecular formula is C16H14FNO2. The summed E-state index contributed by atoms with van der Waals surface area (Å²) in [5.41, 5.74) is 1.62. The molecular weight excluding hydrogens is 257 g/mol. The van der Waals surface area contributed by atoms with Gasteiger partial charge in [-0.1, -0.05) is 29.8 Å². The van der Waals surface area contributed by atoms with E-state index in [2.05, 4.69) is 4.98 Å². The first-order valence-corrected chi connectivity index (χ1v) is 6.25. The number of hydrogen-bond acceptors (Lipinski definition) is 3. The lowest BCUT2D eigenvalue weighted by Gasteiger charge is -2.09. The number of carbonyl (C=O) groups is 2. The molecule has 102 valence electrons. The number of aryl methyl sites for hydroxylation is 1. The molecule has 1 heterocycles. The quantitative estimate of drug-likeness (QED) is 0.633. The number of rotatable bonds is 4.